The average molecular weight is 179 g/mol. The van der Waals surface area contributed by atoms with Crippen LogP contribution >= 0.6 is 0 Å². The van der Waals surface area contributed by atoms with Crippen LogP contribution in [-0.2, 0) is 4.79 Å². The highest BCUT2D eigenvalue weighted by Crippen LogP contribution is 2.18. The fraction of sp³-hybridized carbons (Fsp3) is 0.727. The number of terminal acetylenes is 1. The van der Waals surface area contributed by atoms with Crippen molar-refractivity contribution in [1.29, 1.82) is 0 Å². The molecule has 0 atom stereocenters. The highest BCUT2D eigenvalue weighted by molar-refractivity contribution is 5.78. The van der Waals surface area contributed by atoms with Crippen LogP contribution in [0.2, 0.25) is 0 Å². The molecular weight excluding hydrogens is 162 g/mol. The molecule has 0 radical (unpaired) electrons. The number of ketones is 1. The minimum atomic E-state index is 0.336. The Bertz CT molecular complexity index is 201. The van der Waals surface area contributed by atoms with Crippen molar-refractivity contribution >= 4 is 5.78 Å². The molecule has 0 aromatic rings. The van der Waals surface area contributed by atoms with Crippen molar-refractivity contribution in [3.05, 3.63) is 0 Å². The lowest BCUT2D eigenvalue weighted by atomic mass is 10.1. The number of unbranched alkanes of at least 4 members (excludes halogenated alkanes) is 1. The van der Waals surface area contributed by atoms with E-state index in [1.54, 1.807) is 0 Å². The Morgan fingerprint density at radius 1 is 1.46 bits per heavy atom. The zero-order valence-electron chi connectivity index (χ0n) is 8.01. The van der Waals surface area contributed by atoms with Crippen LogP contribution in [0.15, 0.2) is 0 Å². The molecule has 1 aliphatic carbocycles. The molecule has 0 aromatic heterocycles. The number of hydrogen-bond donors (Lipinski definition) is 1. The van der Waals surface area contributed by atoms with Gasteiger partial charge in [-0.3, -0.25) is 4.79 Å². The van der Waals surface area contributed by atoms with Gasteiger partial charge in [-0.05, 0) is 19.3 Å². The van der Waals surface area contributed by atoms with E-state index in [4.69, 9.17) is 6.42 Å². The minimum Gasteiger partial charge on any atom is -0.314 e. The predicted octanol–water partition coefficient (Wildman–Crippen LogP) is 1.50. The molecule has 0 saturated heterocycles. The van der Waals surface area contributed by atoms with Crippen molar-refractivity contribution in [3.8, 4) is 12.3 Å². The van der Waals surface area contributed by atoms with Gasteiger partial charge in [-0.2, -0.15) is 0 Å². The van der Waals surface area contributed by atoms with Gasteiger partial charge in [-0.1, -0.05) is 0 Å². The maximum absolute atomic E-state index is 11.2. The molecule has 2 nitrogen and oxygen atoms in total. The van der Waals surface area contributed by atoms with Crippen LogP contribution in [0.4, 0.5) is 0 Å². The number of rotatable bonds is 7. The quantitative estimate of drug-likeness (QED) is 0.474. The van der Waals surface area contributed by atoms with Crippen LogP contribution in [0.3, 0.4) is 0 Å². The van der Waals surface area contributed by atoms with Crippen molar-refractivity contribution in [3.63, 3.8) is 0 Å². The first kappa shape index (κ1) is 10.3. The van der Waals surface area contributed by atoms with Crippen LogP contribution in [-0.4, -0.2) is 18.4 Å². The zero-order chi connectivity index (χ0) is 9.52. The van der Waals surface area contributed by atoms with Crippen molar-refractivity contribution in [1.82, 2.24) is 5.32 Å². The molecule has 0 aliphatic heterocycles. The van der Waals surface area contributed by atoms with Crippen LogP contribution in [0, 0.1) is 12.3 Å². The van der Waals surface area contributed by atoms with Crippen LogP contribution in [0.1, 0.15) is 38.5 Å². The lowest BCUT2D eigenvalue weighted by molar-refractivity contribution is -0.119. The summed E-state index contributed by atoms with van der Waals surface area (Å²) in [5, 5.41) is 3.32. The third kappa shape index (κ3) is 5.43. The van der Waals surface area contributed by atoms with Crippen molar-refractivity contribution in [2.24, 2.45) is 0 Å². The minimum absolute atomic E-state index is 0.336. The molecule has 0 unspecified atom stereocenters. The van der Waals surface area contributed by atoms with Gasteiger partial charge in [0, 0.05) is 31.8 Å². The van der Waals surface area contributed by atoms with Crippen LogP contribution in [0.25, 0.3) is 0 Å². The molecule has 0 bridgehead atoms. The standard InChI is InChI=1S/C11H17NO/c1-2-3-4-5-11(13)8-9-12-10-6-7-10/h1,10,12H,3-9H2. The van der Waals surface area contributed by atoms with Crippen molar-refractivity contribution < 1.29 is 4.79 Å². The first-order valence-electron chi connectivity index (χ1n) is 5.01. The maximum atomic E-state index is 11.2. The lowest BCUT2D eigenvalue weighted by Gasteiger charge is -2.00. The van der Waals surface area contributed by atoms with E-state index in [9.17, 15) is 4.79 Å². The molecular formula is C11H17NO. The maximum Gasteiger partial charge on any atom is 0.134 e. The number of Topliss-reactive ketones (excluding diaryl/α,β-unsaturated/α-hetero) is 1. The van der Waals surface area contributed by atoms with Gasteiger partial charge in [0.25, 0.3) is 0 Å². The van der Waals surface area contributed by atoms with E-state index < -0.39 is 0 Å². The van der Waals surface area contributed by atoms with Crippen LogP contribution in [0.5, 0.6) is 0 Å². The second-order valence-corrected chi connectivity index (χ2v) is 3.57. The van der Waals surface area contributed by atoms with E-state index in [2.05, 4.69) is 11.2 Å². The summed E-state index contributed by atoms with van der Waals surface area (Å²) in [4.78, 5) is 11.2. The van der Waals surface area contributed by atoms with E-state index in [-0.39, 0.29) is 0 Å². The van der Waals surface area contributed by atoms with E-state index in [0.29, 0.717) is 24.7 Å². The molecule has 0 spiro atoms. The number of carbonyl (C=O) groups excluding carboxylic acids is 1. The van der Waals surface area contributed by atoms with Gasteiger partial charge in [0.1, 0.15) is 5.78 Å². The molecule has 1 rings (SSSR count). The predicted molar refractivity (Wildman–Crippen MR) is 53.3 cm³/mol. The van der Waals surface area contributed by atoms with Gasteiger partial charge in [0.2, 0.25) is 0 Å². The van der Waals surface area contributed by atoms with E-state index in [0.717, 1.165) is 19.4 Å². The van der Waals surface area contributed by atoms with Gasteiger partial charge in [-0.15, -0.1) is 12.3 Å². The first-order chi connectivity index (χ1) is 6.33. The summed E-state index contributed by atoms with van der Waals surface area (Å²) < 4.78 is 0. The number of carbonyl (C=O) groups is 1. The van der Waals surface area contributed by atoms with Crippen molar-refractivity contribution in [2.45, 2.75) is 44.6 Å². The zero-order valence-corrected chi connectivity index (χ0v) is 8.01. The molecule has 2 heteroatoms. The monoisotopic (exact) mass is 179 g/mol. The highest BCUT2D eigenvalue weighted by atomic mass is 16.1. The molecule has 0 amide bonds. The molecule has 0 heterocycles. The van der Waals surface area contributed by atoms with Crippen LogP contribution < -0.4 is 5.32 Å². The summed E-state index contributed by atoms with van der Waals surface area (Å²) in [6.07, 6.45) is 10.5. The Balaban J connectivity index is 1.88. The molecule has 72 valence electrons. The van der Waals surface area contributed by atoms with Gasteiger partial charge >= 0.3 is 0 Å². The third-order valence-electron chi connectivity index (χ3n) is 2.19. The van der Waals surface area contributed by atoms with E-state index in [1.807, 2.05) is 0 Å². The largest absolute Gasteiger partial charge is 0.314 e. The summed E-state index contributed by atoms with van der Waals surface area (Å²) in [6.45, 7) is 0.847. The Morgan fingerprint density at radius 2 is 2.23 bits per heavy atom. The Morgan fingerprint density at radius 3 is 2.85 bits per heavy atom. The molecule has 1 saturated carbocycles. The fourth-order valence-electron chi connectivity index (χ4n) is 1.22. The second-order valence-electron chi connectivity index (χ2n) is 3.57. The third-order valence-corrected chi connectivity index (χ3v) is 2.19. The fourth-order valence-corrected chi connectivity index (χ4v) is 1.22. The summed E-state index contributed by atoms with van der Waals surface area (Å²) in [7, 11) is 0. The number of hydrogen-bond acceptors (Lipinski definition) is 2. The van der Waals surface area contributed by atoms with Crippen molar-refractivity contribution in [2.75, 3.05) is 6.54 Å². The summed E-state index contributed by atoms with van der Waals surface area (Å²) >= 11 is 0. The molecule has 1 fully saturated rings. The number of nitrogens with one attached hydrogen (secondary N) is 1. The van der Waals surface area contributed by atoms with E-state index >= 15 is 0 Å². The first-order valence-corrected chi connectivity index (χ1v) is 5.01. The topological polar surface area (TPSA) is 29.1 Å². The van der Waals surface area contributed by atoms with Gasteiger partial charge < -0.3 is 5.32 Å². The second kappa shape index (κ2) is 5.77. The molecule has 13 heavy (non-hydrogen) atoms. The summed E-state index contributed by atoms with van der Waals surface area (Å²) in [5.41, 5.74) is 0. The van der Waals surface area contributed by atoms with Gasteiger partial charge in [-0.25, -0.2) is 0 Å². The Labute approximate surface area is 80.1 Å². The molecule has 1 aliphatic rings. The van der Waals surface area contributed by atoms with Gasteiger partial charge in [0.05, 0.1) is 0 Å². The SMILES string of the molecule is C#CCCCC(=O)CCNC1CC1. The lowest BCUT2D eigenvalue weighted by Crippen LogP contribution is -2.20. The highest BCUT2D eigenvalue weighted by Gasteiger charge is 2.19. The van der Waals surface area contributed by atoms with Gasteiger partial charge in [0.15, 0.2) is 0 Å². The molecule has 0 aromatic carbocycles. The Kier molecular flexibility index (Phi) is 4.56. The normalized spacial score (nSPS) is 15.3. The molecule has 1 N–H and O–H groups in total. The average Bonchev–Trinajstić information content (AvgIpc) is 2.89. The summed E-state index contributed by atoms with van der Waals surface area (Å²) in [6, 6.07) is 0.707. The Hall–Kier alpha value is -0.810. The van der Waals surface area contributed by atoms with E-state index in [1.165, 1.54) is 12.8 Å². The summed E-state index contributed by atoms with van der Waals surface area (Å²) in [5.74, 6) is 2.88. The smallest absolute Gasteiger partial charge is 0.134 e.